The molecule has 0 bridgehead atoms. The third-order valence-electron chi connectivity index (χ3n) is 2.38. The smallest absolute Gasteiger partial charge is 0.229 e. The topological polar surface area (TPSA) is 57.8 Å². The van der Waals surface area contributed by atoms with Gasteiger partial charge in [-0.2, -0.15) is 5.10 Å². The number of aromatic nitrogens is 2. The van der Waals surface area contributed by atoms with E-state index in [1.54, 1.807) is 6.20 Å². The molecule has 2 N–H and O–H groups in total. The molecule has 0 aliphatic heterocycles. The van der Waals surface area contributed by atoms with E-state index in [0.717, 1.165) is 16.6 Å². The second kappa shape index (κ2) is 3.63. The standard InChI is InChI=1S/C12H15N3O/c1-12(2,3)11(16)14-9-4-5-10-8(6-9)7-13-15-10/h4-7H,1-3H3,(H,13,15)(H,14,16). The molecule has 4 nitrogen and oxygen atoms in total. The lowest BCUT2D eigenvalue weighted by atomic mass is 9.95. The van der Waals surface area contributed by atoms with Gasteiger partial charge in [0.05, 0.1) is 11.7 Å². The summed E-state index contributed by atoms with van der Waals surface area (Å²) >= 11 is 0. The summed E-state index contributed by atoms with van der Waals surface area (Å²) in [4.78, 5) is 11.8. The number of H-pyrrole nitrogens is 1. The molecule has 0 radical (unpaired) electrons. The van der Waals surface area contributed by atoms with Crippen molar-refractivity contribution in [2.45, 2.75) is 20.8 Å². The maximum Gasteiger partial charge on any atom is 0.229 e. The lowest BCUT2D eigenvalue weighted by Gasteiger charge is -2.17. The quantitative estimate of drug-likeness (QED) is 0.771. The van der Waals surface area contributed by atoms with Gasteiger partial charge in [-0.05, 0) is 18.2 Å². The van der Waals surface area contributed by atoms with E-state index in [2.05, 4.69) is 15.5 Å². The molecule has 1 heterocycles. The number of benzene rings is 1. The van der Waals surface area contributed by atoms with E-state index >= 15 is 0 Å². The molecule has 1 aromatic heterocycles. The Morgan fingerprint density at radius 1 is 1.38 bits per heavy atom. The lowest BCUT2D eigenvalue weighted by Crippen LogP contribution is -2.27. The predicted molar refractivity (Wildman–Crippen MR) is 64.2 cm³/mol. The van der Waals surface area contributed by atoms with Crippen molar-refractivity contribution in [3.8, 4) is 0 Å². The average Bonchev–Trinajstić information content (AvgIpc) is 2.63. The van der Waals surface area contributed by atoms with Gasteiger partial charge >= 0.3 is 0 Å². The monoisotopic (exact) mass is 217 g/mol. The minimum atomic E-state index is -0.384. The van der Waals surface area contributed by atoms with Gasteiger partial charge in [-0.1, -0.05) is 20.8 Å². The Kier molecular flexibility index (Phi) is 2.42. The van der Waals surface area contributed by atoms with Crippen molar-refractivity contribution in [1.82, 2.24) is 10.2 Å². The molecule has 0 aliphatic carbocycles. The number of anilines is 1. The van der Waals surface area contributed by atoms with Crippen LogP contribution in [-0.2, 0) is 4.79 Å². The molecule has 84 valence electrons. The summed E-state index contributed by atoms with van der Waals surface area (Å²) in [5.74, 6) is 0.00958. The summed E-state index contributed by atoms with van der Waals surface area (Å²) in [6.45, 7) is 5.66. The second-order valence-electron chi connectivity index (χ2n) is 4.88. The third kappa shape index (κ3) is 2.05. The van der Waals surface area contributed by atoms with E-state index in [0.29, 0.717) is 0 Å². The number of amides is 1. The van der Waals surface area contributed by atoms with Gasteiger partial charge in [0.15, 0.2) is 0 Å². The number of hydrogen-bond donors (Lipinski definition) is 2. The Morgan fingerprint density at radius 3 is 2.81 bits per heavy atom. The summed E-state index contributed by atoms with van der Waals surface area (Å²) in [6, 6.07) is 5.67. The van der Waals surface area contributed by atoms with Crippen LogP contribution < -0.4 is 5.32 Å². The largest absolute Gasteiger partial charge is 0.326 e. The number of rotatable bonds is 1. The first-order chi connectivity index (χ1) is 7.47. The highest BCUT2D eigenvalue weighted by atomic mass is 16.2. The van der Waals surface area contributed by atoms with Crippen LogP contribution >= 0.6 is 0 Å². The van der Waals surface area contributed by atoms with Crippen molar-refractivity contribution in [2.75, 3.05) is 5.32 Å². The Bertz CT molecular complexity index is 522. The van der Waals surface area contributed by atoms with Crippen molar-refractivity contribution >= 4 is 22.5 Å². The SMILES string of the molecule is CC(C)(C)C(=O)Nc1ccc2[nH]ncc2c1. The average molecular weight is 217 g/mol. The Hall–Kier alpha value is -1.84. The molecule has 0 saturated heterocycles. The van der Waals surface area contributed by atoms with Crippen molar-refractivity contribution < 1.29 is 4.79 Å². The molecule has 1 aromatic carbocycles. The zero-order valence-corrected chi connectivity index (χ0v) is 9.66. The molecular weight excluding hydrogens is 202 g/mol. The van der Waals surface area contributed by atoms with Gasteiger partial charge in [-0.3, -0.25) is 9.89 Å². The van der Waals surface area contributed by atoms with E-state index < -0.39 is 0 Å². The molecule has 0 unspecified atom stereocenters. The molecule has 0 atom stereocenters. The van der Waals surface area contributed by atoms with Crippen LogP contribution in [0.2, 0.25) is 0 Å². The van der Waals surface area contributed by atoms with E-state index in [1.165, 1.54) is 0 Å². The molecule has 16 heavy (non-hydrogen) atoms. The highest BCUT2D eigenvalue weighted by Crippen LogP contribution is 2.20. The van der Waals surface area contributed by atoms with Gasteiger partial charge in [0.2, 0.25) is 5.91 Å². The van der Waals surface area contributed by atoms with E-state index in [9.17, 15) is 4.79 Å². The Balaban J connectivity index is 2.24. The molecule has 0 spiro atoms. The van der Waals surface area contributed by atoms with E-state index in [4.69, 9.17) is 0 Å². The number of fused-ring (bicyclic) bond motifs is 1. The van der Waals surface area contributed by atoms with Crippen molar-refractivity contribution in [3.05, 3.63) is 24.4 Å². The molecule has 4 heteroatoms. The van der Waals surface area contributed by atoms with Gasteiger partial charge in [0, 0.05) is 16.5 Å². The fourth-order valence-electron chi connectivity index (χ4n) is 1.34. The van der Waals surface area contributed by atoms with Gasteiger partial charge < -0.3 is 5.32 Å². The van der Waals surface area contributed by atoms with E-state index in [1.807, 2.05) is 39.0 Å². The number of nitrogens with zero attached hydrogens (tertiary/aromatic N) is 1. The number of carbonyl (C=O) groups excluding carboxylic acids is 1. The number of carbonyl (C=O) groups is 1. The van der Waals surface area contributed by atoms with Gasteiger partial charge in [0.1, 0.15) is 0 Å². The maximum atomic E-state index is 11.8. The fraction of sp³-hybridized carbons (Fsp3) is 0.333. The summed E-state index contributed by atoms with van der Waals surface area (Å²) in [6.07, 6.45) is 1.74. The number of hydrogen-bond acceptors (Lipinski definition) is 2. The minimum Gasteiger partial charge on any atom is -0.326 e. The fourth-order valence-corrected chi connectivity index (χ4v) is 1.34. The van der Waals surface area contributed by atoms with Gasteiger partial charge in [-0.15, -0.1) is 0 Å². The Morgan fingerprint density at radius 2 is 2.12 bits per heavy atom. The van der Waals surface area contributed by atoms with Crippen LogP contribution in [0, 0.1) is 5.41 Å². The first kappa shape index (κ1) is 10.7. The first-order valence-corrected chi connectivity index (χ1v) is 5.21. The predicted octanol–water partition coefficient (Wildman–Crippen LogP) is 2.55. The lowest BCUT2D eigenvalue weighted by molar-refractivity contribution is -0.123. The zero-order chi connectivity index (χ0) is 11.8. The summed E-state index contributed by atoms with van der Waals surface area (Å²) < 4.78 is 0. The van der Waals surface area contributed by atoms with Crippen LogP contribution in [0.5, 0.6) is 0 Å². The zero-order valence-electron chi connectivity index (χ0n) is 9.66. The first-order valence-electron chi connectivity index (χ1n) is 5.21. The number of nitrogens with one attached hydrogen (secondary N) is 2. The van der Waals surface area contributed by atoms with Crippen molar-refractivity contribution in [2.24, 2.45) is 5.41 Å². The molecule has 0 saturated carbocycles. The normalized spacial score (nSPS) is 11.7. The molecule has 1 amide bonds. The van der Waals surface area contributed by atoms with E-state index in [-0.39, 0.29) is 11.3 Å². The van der Waals surface area contributed by atoms with Crippen LogP contribution in [0.25, 0.3) is 10.9 Å². The van der Waals surface area contributed by atoms with Crippen LogP contribution in [0.15, 0.2) is 24.4 Å². The van der Waals surface area contributed by atoms with Crippen LogP contribution in [-0.4, -0.2) is 16.1 Å². The Labute approximate surface area is 94.0 Å². The maximum absolute atomic E-state index is 11.8. The summed E-state index contributed by atoms with van der Waals surface area (Å²) in [5.41, 5.74) is 1.38. The van der Waals surface area contributed by atoms with Gasteiger partial charge in [0.25, 0.3) is 0 Å². The van der Waals surface area contributed by atoms with Gasteiger partial charge in [-0.25, -0.2) is 0 Å². The van der Waals surface area contributed by atoms with Crippen LogP contribution in [0.1, 0.15) is 20.8 Å². The van der Waals surface area contributed by atoms with Crippen molar-refractivity contribution in [1.29, 1.82) is 0 Å². The minimum absolute atomic E-state index is 0.00958. The highest BCUT2D eigenvalue weighted by molar-refractivity contribution is 5.96. The summed E-state index contributed by atoms with van der Waals surface area (Å²) in [7, 11) is 0. The molecular formula is C12H15N3O. The second-order valence-corrected chi connectivity index (χ2v) is 4.88. The summed E-state index contributed by atoms with van der Waals surface area (Å²) in [5, 5.41) is 10.7. The molecule has 2 aromatic rings. The number of aromatic amines is 1. The van der Waals surface area contributed by atoms with Crippen molar-refractivity contribution in [3.63, 3.8) is 0 Å². The third-order valence-corrected chi connectivity index (χ3v) is 2.38. The van der Waals surface area contributed by atoms with Crippen LogP contribution in [0.3, 0.4) is 0 Å². The van der Waals surface area contributed by atoms with Crippen LogP contribution in [0.4, 0.5) is 5.69 Å². The molecule has 0 aliphatic rings. The highest BCUT2D eigenvalue weighted by Gasteiger charge is 2.21. The molecule has 0 fully saturated rings. The molecule has 2 rings (SSSR count).